The van der Waals surface area contributed by atoms with Gasteiger partial charge in [0.2, 0.25) is 5.91 Å². The molecule has 0 saturated carbocycles. The van der Waals surface area contributed by atoms with Crippen molar-refractivity contribution in [2.45, 2.75) is 31.8 Å². The molecule has 1 atom stereocenters. The highest BCUT2D eigenvalue weighted by Crippen LogP contribution is 2.35. The highest BCUT2D eigenvalue weighted by atomic mass is 16.3. The van der Waals surface area contributed by atoms with Gasteiger partial charge >= 0.3 is 0 Å². The summed E-state index contributed by atoms with van der Waals surface area (Å²) in [5.74, 6) is 0.356. The number of hydrogen-bond donors (Lipinski definition) is 2. The molecule has 2 N–H and O–H groups in total. The van der Waals surface area contributed by atoms with Gasteiger partial charge in [0.15, 0.2) is 0 Å². The average molecular weight is 281 g/mol. The molecule has 3 rings (SSSR count). The van der Waals surface area contributed by atoms with Crippen molar-refractivity contribution in [3.63, 3.8) is 0 Å². The van der Waals surface area contributed by atoms with Crippen molar-refractivity contribution in [3.05, 3.63) is 65.2 Å². The fraction of sp³-hybridized carbons (Fsp3) is 0.278. The van der Waals surface area contributed by atoms with Gasteiger partial charge in [-0.05, 0) is 47.6 Å². The molecule has 0 bridgehead atoms. The summed E-state index contributed by atoms with van der Waals surface area (Å²) in [5, 5.41) is 12.0. The molecular formula is C18H19NO2. The molecule has 21 heavy (non-hydrogen) atoms. The second-order valence-corrected chi connectivity index (χ2v) is 5.55. The van der Waals surface area contributed by atoms with Crippen LogP contribution in [0.4, 0.5) is 5.69 Å². The van der Waals surface area contributed by atoms with Gasteiger partial charge in [-0.2, -0.15) is 0 Å². The van der Waals surface area contributed by atoms with Crippen molar-refractivity contribution < 1.29 is 9.90 Å². The summed E-state index contributed by atoms with van der Waals surface area (Å²) in [7, 11) is 0. The summed E-state index contributed by atoms with van der Waals surface area (Å²) in [6, 6.07) is 15.7. The van der Waals surface area contributed by atoms with Crippen molar-refractivity contribution in [1.82, 2.24) is 0 Å². The molecular weight excluding hydrogens is 262 g/mol. The Morgan fingerprint density at radius 1 is 1.19 bits per heavy atom. The maximum atomic E-state index is 12.2. The van der Waals surface area contributed by atoms with Gasteiger partial charge in [0.05, 0.1) is 6.61 Å². The number of aryl methyl sites for hydroxylation is 1. The number of benzene rings is 2. The van der Waals surface area contributed by atoms with E-state index in [9.17, 15) is 4.79 Å². The number of aliphatic hydroxyl groups excluding tert-OH is 1. The first-order valence-electron chi connectivity index (χ1n) is 7.33. The molecule has 2 aromatic carbocycles. The lowest BCUT2D eigenvalue weighted by Gasteiger charge is -2.12. The van der Waals surface area contributed by atoms with E-state index in [2.05, 4.69) is 23.5 Å². The van der Waals surface area contributed by atoms with E-state index in [-0.39, 0.29) is 12.5 Å². The van der Waals surface area contributed by atoms with E-state index in [0.717, 1.165) is 24.1 Å². The molecule has 0 aromatic heterocycles. The summed E-state index contributed by atoms with van der Waals surface area (Å²) in [6.45, 7) is -0.0142. The smallest absolute Gasteiger partial charge is 0.224 e. The SMILES string of the molecule is O=C(CC1CCc2ccccc21)Nc1cccc(CO)c1. The minimum atomic E-state index is -0.0142. The summed E-state index contributed by atoms with van der Waals surface area (Å²) in [5.41, 5.74) is 4.24. The van der Waals surface area contributed by atoms with Crippen LogP contribution in [0.1, 0.15) is 35.4 Å². The second kappa shape index (κ2) is 6.10. The molecule has 0 radical (unpaired) electrons. The van der Waals surface area contributed by atoms with Gasteiger partial charge in [0, 0.05) is 12.1 Å². The number of rotatable bonds is 4. The van der Waals surface area contributed by atoms with Gasteiger partial charge in [0.25, 0.3) is 0 Å². The normalized spacial score (nSPS) is 16.5. The zero-order valence-corrected chi connectivity index (χ0v) is 11.9. The molecule has 1 aliphatic carbocycles. The Hall–Kier alpha value is -2.13. The van der Waals surface area contributed by atoms with Gasteiger partial charge in [-0.1, -0.05) is 36.4 Å². The van der Waals surface area contributed by atoms with Crippen LogP contribution in [0.5, 0.6) is 0 Å². The number of anilines is 1. The predicted molar refractivity (Wildman–Crippen MR) is 83.1 cm³/mol. The van der Waals surface area contributed by atoms with E-state index in [0.29, 0.717) is 12.3 Å². The van der Waals surface area contributed by atoms with Gasteiger partial charge in [0.1, 0.15) is 0 Å². The molecule has 0 saturated heterocycles. The predicted octanol–water partition coefficient (Wildman–Crippen LogP) is 3.24. The topological polar surface area (TPSA) is 49.3 Å². The fourth-order valence-electron chi connectivity index (χ4n) is 3.04. The maximum absolute atomic E-state index is 12.2. The van der Waals surface area contributed by atoms with Crippen molar-refractivity contribution in [3.8, 4) is 0 Å². The minimum Gasteiger partial charge on any atom is -0.392 e. The maximum Gasteiger partial charge on any atom is 0.224 e. The Bertz CT molecular complexity index is 651. The van der Waals surface area contributed by atoms with Crippen LogP contribution < -0.4 is 5.32 Å². The van der Waals surface area contributed by atoms with Crippen molar-refractivity contribution in [2.75, 3.05) is 5.32 Å². The number of amides is 1. The molecule has 3 nitrogen and oxygen atoms in total. The minimum absolute atomic E-state index is 0.0142. The molecule has 0 spiro atoms. The highest BCUT2D eigenvalue weighted by Gasteiger charge is 2.24. The number of fused-ring (bicyclic) bond motifs is 1. The van der Waals surface area contributed by atoms with Crippen molar-refractivity contribution >= 4 is 11.6 Å². The Morgan fingerprint density at radius 2 is 2.05 bits per heavy atom. The number of nitrogens with one attached hydrogen (secondary N) is 1. The van der Waals surface area contributed by atoms with Crippen LogP contribution in [0.3, 0.4) is 0 Å². The Balaban J connectivity index is 1.65. The summed E-state index contributed by atoms with van der Waals surface area (Å²) >= 11 is 0. The molecule has 1 amide bonds. The molecule has 1 aliphatic rings. The third kappa shape index (κ3) is 3.14. The lowest BCUT2D eigenvalue weighted by atomic mass is 9.97. The molecule has 108 valence electrons. The quantitative estimate of drug-likeness (QED) is 0.904. The van der Waals surface area contributed by atoms with Crippen LogP contribution in [-0.4, -0.2) is 11.0 Å². The van der Waals surface area contributed by atoms with E-state index in [4.69, 9.17) is 5.11 Å². The van der Waals surface area contributed by atoms with Crippen LogP contribution in [0.15, 0.2) is 48.5 Å². The average Bonchev–Trinajstić information content (AvgIpc) is 2.91. The Morgan fingerprint density at radius 3 is 2.90 bits per heavy atom. The van der Waals surface area contributed by atoms with Crippen molar-refractivity contribution in [2.24, 2.45) is 0 Å². The largest absolute Gasteiger partial charge is 0.392 e. The van der Waals surface area contributed by atoms with E-state index in [1.807, 2.05) is 24.3 Å². The Kier molecular flexibility index (Phi) is 4.02. The zero-order valence-electron chi connectivity index (χ0n) is 11.9. The van der Waals surface area contributed by atoms with E-state index in [1.54, 1.807) is 6.07 Å². The van der Waals surface area contributed by atoms with Crippen molar-refractivity contribution in [1.29, 1.82) is 0 Å². The standard InChI is InChI=1S/C18H19NO2/c20-12-13-4-3-6-16(10-13)19-18(21)11-15-9-8-14-5-1-2-7-17(14)15/h1-7,10,15,20H,8-9,11-12H2,(H,19,21). The summed E-state index contributed by atoms with van der Waals surface area (Å²) in [4.78, 5) is 12.2. The highest BCUT2D eigenvalue weighted by molar-refractivity contribution is 5.91. The number of hydrogen-bond acceptors (Lipinski definition) is 2. The monoisotopic (exact) mass is 281 g/mol. The van der Waals surface area contributed by atoms with Gasteiger partial charge in [-0.3, -0.25) is 4.79 Å². The summed E-state index contributed by atoms with van der Waals surface area (Å²) in [6.07, 6.45) is 2.62. The van der Waals surface area contributed by atoms with Crippen LogP contribution in [0, 0.1) is 0 Å². The number of carbonyl (C=O) groups excluding carboxylic acids is 1. The van der Waals surface area contributed by atoms with Crippen LogP contribution in [0.2, 0.25) is 0 Å². The second-order valence-electron chi connectivity index (χ2n) is 5.55. The molecule has 0 aliphatic heterocycles. The van der Waals surface area contributed by atoms with Crippen LogP contribution >= 0.6 is 0 Å². The molecule has 1 unspecified atom stereocenters. The first-order valence-corrected chi connectivity index (χ1v) is 7.33. The summed E-state index contributed by atoms with van der Waals surface area (Å²) < 4.78 is 0. The van der Waals surface area contributed by atoms with Gasteiger partial charge in [-0.25, -0.2) is 0 Å². The van der Waals surface area contributed by atoms with Crippen LogP contribution in [-0.2, 0) is 17.8 Å². The third-order valence-electron chi connectivity index (χ3n) is 4.08. The Labute approximate surface area is 124 Å². The lowest BCUT2D eigenvalue weighted by molar-refractivity contribution is -0.116. The van der Waals surface area contributed by atoms with Crippen LogP contribution in [0.25, 0.3) is 0 Å². The zero-order chi connectivity index (χ0) is 14.7. The fourth-order valence-corrected chi connectivity index (χ4v) is 3.04. The van der Waals surface area contributed by atoms with E-state index in [1.165, 1.54) is 11.1 Å². The first kappa shape index (κ1) is 13.8. The number of carbonyl (C=O) groups is 1. The van der Waals surface area contributed by atoms with Gasteiger partial charge < -0.3 is 10.4 Å². The molecule has 3 heteroatoms. The van der Waals surface area contributed by atoms with Gasteiger partial charge in [-0.15, -0.1) is 0 Å². The molecule has 0 fully saturated rings. The molecule has 2 aromatic rings. The van der Waals surface area contributed by atoms with E-state index < -0.39 is 0 Å². The van der Waals surface area contributed by atoms with E-state index >= 15 is 0 Å². The molecule has 0 heterocycles. The number of aliphatic hydroxyl groups is 1. The lowest BCUT2D eigenvalue weighted by Crippen LogP contribution is -2.14. The third-order valence-corrected chi connectivity index (χ3v) is 4.08. The first-order chi connectivity index (χ1) is 10.3.